The van der Waals surface area contributed by atoms with Gasteiger partial charge >= 0.3 is 0 Å². The highest BCUT2D eigenvalue weighted by Gasteiger charge is 2.16. The van der Waals surface area contributed by atoms with Gasteiger partial charge in [0, 0.05) is 17.5 Å². The number of carbonyl (C=O) groups is 1. The molecule has 134 valence electrons. The summed E-state index contributed by atoms with van der Waals surface area (Å²) in [5.74, 6) is 0.585. The molecule has 3 N–H and O–H groups in total. The van der Waals surface area contributed by atoms with E-state index >= 15 is 0 Å². The largest absolute Gasteiger partial charge is 0.508 e. The highest BCUT2D eigenvalue weighted by atomic mass is 32.2. The molecule has 0 bridgehead atoms. The molecular weight excluding hydrogens is 358 g/mol. The van der Waals surface area contributed by atoms with Gasteiger partial charge in [0.15, 0.2) is 5.16 Å². The third-order valence-corrected chi connectivity index (χ3v) is 5.24. The maximum absolute atomic E-state index is 12.3. The van der Waals surface area contributed by atoms with Crippen molar-refractivity contribution in [1.82, 2.24) is 9.97 Å². The van der Waals surface area contributed by atoms with Gasteiger partial charge in [-0.2, -0.15) is 11.8 Å². The first-order chi connectivity index (χ1) is 11.8. The van der Waals surface area contributed by atoms with Gasteiger partial charge in [-0.25, -0.2) is 4.98 Å². The highest BCUT2D eigenvalue weighted by Crippen LogP contribution is 2.22. The quantitative estimate of drug-likeness (QED) is 0.388. The number of carbonyl (C=O) groups excluding carboxylic acids is 1. The average molecular weight is 380 g/mol. The van der Waals surface area contributed by atoms with E-state index in [2.05, 4.69) is 29.1 Å². The molecule has 1 heterocycles. The minimum absolute atomic E-state index is 0.137. The van der Waals surface area contributed by atoms with E-state index < -0.39 is 5.25 Å². The van der Waals surface area contributed by atoms with Crippen molar-refractivity contribution < 1.29 is 9.90 Å². The molecule has 1 aromatic heterocycles. The monoisotopic (exact) mass is 379 g/mol. The van der Waals surface area contributed by atoms with Crippen molar-refractivity contribution >= 4 is 35.1 Å². The second-order valence-corrected chi connectivity index (χ2v) is 8.59. The molecule has 0 fully saturated rings. The first-order valence-electron chi connectivity index (χ1n) is 7.82. The zero-order chi connectivity index (χ0) is 18.4. The van der Waals surface area contributed by atoms with Crippen LogP contribution in [0.3, 0.4) is 0 Å². The molecule has 2 aromatic rings. The number of hydrogen-bond acceptors (Lipinski definition) is 6. The Morgan fingerprint density at radius 2 is 1.96 bits per heavy atom. The Hall–Kier alpha value is -1.93. The SMILES string of the molecule is CC(C)SCc1cc(=O)[nH]c(SC(C)C(=O)Nc2ccc(O)cc2)n1. The Labute approximate surface area is 154 Å². The van der Waals surface area contributed by atoms with E-state index in [0.717, 1.165) is 0 Å². The zero-order valence-electron chi connectivity index (χ0n) is 14.3. The average Bonchev–Trinajstić information content (AvgIpc) is 2.54. The van der Waals surface area contributed by atoms with Gasteiger partial charge in [0.05, 0.1) is 10.9 Å². The smallest absolute Gasteiger partial charge is 0.251 e. The van der Waals surface area contributed by atoms with E-state index in [-0.39, 0.29) is 17.2 Å². The number of phenols is 1. The first kappa shape index (κ1) is 19.4. The zero-order valence-corrected chi connectivity index (χ0v) is 15.9. The van der Waals surface area contributed by atoms with Crippen LogP contribution >= 0.6 is 23.5 Å². The Balaban J connectivity index is 2.01. The molecule has 0 aliphatic heterocycles. The van der Waals surface area contributed by atoms with Crippen LogP contribution in [0.1, 0.15) is 26.5 Å². The summed E-state index contributed by atoms with van der Waals surface area (Å²) in [6, 6.07) is 7.73. The van der Waals surface area contributed by atoms with E-state index in [1.165, 1.54) is 30.0 Å². The van der Waals surface area contributed by atoms with E-state index in [0.29, 0.717) is 27.5 Å². The van der Waals surface area contributed by atoms with Crippen molar-refractivity contribution in [3.05, 3.63) is 46.4 Å². The molecule has 0 radical (unpaired) electrons. The van der Waals surface area contributed by atoms with Gasteiger partial charge in [-0.1, -0.05) is 25.6 Å². The lowest BCUT2D eigenvalue weighted by Gasteiger charge is -2.12. The molecule has 1 aromatic carbocycles. The summed E-state index contributed by atoms with van der Waals surface area (Å²) in [5.41, 5.74) is 1.08. The molecule has 0 aliphatic carbocycles. The van der Waals surface area contributed by atoms with Gasteiger partial charge in [-0.05, 0) is 36.4 Å². The van der Waals surface area contributed by atoms with Crippen LogP contribution in [0.25, 0.3) is 0 Å². The van der Waals surface area contributed by atoms with E-state index in [4.69, 9.17) is 0 Å². The van der Waals surface area contributed by atoms with Crippen molar-refractivity contribution in [2.45, 2.75) is 42.2 Å². The Morgan fingerprint density at radius 3 is 2.60 bits per heavy atom. The van der Waals surface area contributed by atoms with Crippen molar-refractivity contribution in [2.75, 3.05) is 5.32 Å². The standard InChI is InChI=1S/C17H21N3O3S2/c1-10(2)24-9-13-8-15(22)20-17(19-13)25-11(3)16(23)18-12-4-6-14(21)7-5-12/h4-8,10-11,21H,9H2,1-3H3,(H,18,23)(H,19,20,22). The number of thioether (sulfide) groups is 2. The summed E-state index contributed by atoms with van der Waals surface area (Å²) < 4.78 is 0. The molecule has 6 nitrogen and oxygen atoms in total. The van der Waals surface area contributed by atoms with Gasteiger partial charge in [0.1, 0.15) is 5.75 Å². The topological polar surface area (TPSA) is 95.1 Å². The summed E-state index contributed by atoms with van der Waals surface area (Å²) in [5, 5.41) is 12.5. The Morgan fingerprint density at radius 1 is 1.28 bits per heavy atom. The fourth-order valence-electron chi connectivity index (χ4n) is 1.87. The predicted molar refractivity (Wildman–Crippen MR) is 103 cm³/mol. The molecule has 0 saturated heterocycles. The number of rotatable bonds is 7. The van der Waals surface area contributed by atoms with Crippen LogP contribution in [-0.4, -0.2) is 31.5 Å². The lowest BCUT2D eigenvalue weighted by molar-refractivity contribution is -0.115. The molecule has 8 heteroatoms. The molecule has 1 atom stereocenters. The second-order valence-electron chi connectivity index (χ2n) is 5.70. The minimum atomic E-state index is -0.440. The van der Waals surface area contributed by atoms with Crippen molar-refractivity contribution in [3.63, 3.8) is 0 Å². The molecule has 1 amide bonds. The molecule has 0 saturated carbocycles. The van der Waals surface area contributed by atoms with Crippen molar-refractivity contribution in [2.24, 2.45) is 0 Å². The number of hydrogen-bond donors (Lipinski definition) is 3. The predicted octanol–water partition coefficient (Wildman–Crippen LogP) is 3.24. The summed E-state index contributed by atoms with van der Waals surface area (Å²) >= 11 is 2.90. The van der Waals surface area contributed by atoms with E-state index in [1.54, 1.807) is 30.8 Å². The van der Waals surface area contributed by atoms with Gasteiger partial charge in [0.25, 0.3) is 5.56 Å². The third-order valence-electron chi connectivity index (χ3n) is 3.13. The van der Waals surface area contributed by atoms with Gasteiger partial charge in [-0.3, -0.25) is 9.59 Å². The number of nitrogens with zero attached hydrogens (tertiary/aromatic N) is 1. The van der Waals surface area contributed by atoms with Gasteiger partial charge in [0.2, 0.25) is 5.91 Å². The van der Waals surface area contributed by atoms with Crippen LogP contribution in [0.4, 0.5) is 5.69 Å². The normalized spacial score (nSPS) is 12.2. The van der Waals surface area contributed by atoms with Crippen LogP contribution in [0, 0.1) is 0 Å². The fourth-order valence-corrected chi connectivity index (χ4v) is 3.36. The number of benzene rings is 1. The van der Waals surface area contributed by atoms with E-state index in [1.807, 2.05) is 0 Å². The Bertz CT molecular complexity index is 775. The molecule has 2 rings (SSSR count). The number of H-pyrrole nitrogens is 1. The molecule has 25 heavy (non-hydrogen) atoms. The molecule has 1 unspecified atom stereocenters. The fraction of sp³-hybridized carbons (Fsp3) is 0.353. The maximum Gasteiger partial charge on any atom is 0.251 e. The number of amides is 1. The van der Waals surface area contributed by atoms with Crippen LogP contribution in [-0.2, 0) is 10.5 Å². The van der Waals surface area contributed by atoms with Crippen molar-refractivity contribution in [3.8, 4) is 5.75 Å². The van der Waals surface area contributed by atoms with Crippen molar-refractivity contribution in [1.29, 1.82) is 0 Å². The summed E-state index contributed by atoms with van der Waals surface area (Å²) in [7, 11) is 0. The molecular formula is C17H21N3O3S2. The number of nitrogens with one attached hydrogen (secondary N) is 2. The number of phenolic OH excluding ortho intramolecular Hbond substituents is 1. The summed E-state index contributed by atoms with van der Waals surface area (Å²) in [6.07, 6.45) is 0. The lowest BCUT2D eigenvalue weighted by atomic mass is 10.3. The van der Waals surface area contributed by atoms with Crippen LogP contribution in [0.15, 0.2) is 40.3 Å². The number of aromatic nitrogens is 2. The molecule has 0 aliphatic rings. The summed E-state index contributed by atoms with van der Waals surface area (Å²) in [4.78, 5) is 31.1. The van der Waals surface area contributed by atoms with Crippen LogP contribution in [0.2, 0.25) is 0 Å². The Kier molecular flexibility index (Phi) is 6.95. The van der Waals surface area contributed by atoms with Gasteiger partial charge in [-0.15, -0.1) is 0 Å². The minimum Gasteiger partial charge on any atom is -0.508 e. The number of anilines is 1. The maximum atomic E-state index is 12.3. The van der Waals surface area contributed by atoms with Gasteiger partial charge < -0.3 is 15.4 Å². The van der Waals surface area contributed by atoms with E-state index in [9.17, 15) is 14.7 Å². The summed E-state index contributed by atoms with van der Waals surface area (Å²) in [6.45, 7) is 5.92. The first-order valence-corrected chi connectivity index (χ1v) is 9.74. The van der Waals surface area contributed by atoms with Crippen LogP contribution < -0.4 is 10.9 Å². The highest BCUT2D eigenvalue weighted by molar-refractivity contribution is 8.00. The van der Waals surface area contributed by atoms with Crippen LogP contribution in [0.5, 0.6) is 5.75 Å². The number of aromatic hydroxyl groups is 1. The second kappa shape index (κ2) is 8.96. The lowest BCUT2D eigenvalue weighted by Crippen LogP contribution is -2.23. The molecule has 0 spiro atoms. The third kappa shape index (κ3) is 6.47. The number of aromatic amines is 1.